The Morgan fingerprint density at radius 3 is 2.44 bits per heavy atom. The second-order valence-corrected chi connectivity index (χ2v) is 5.39. The maximum absolute atomic E-state index is 13.2. The van der Waals surface area contributed by atoms with Gasteiger partial charge in [-0.2, -0.15) is 5.26 Å². The summed E-state index contributed by atoms with van der Waals surface area (Å²) in [6.45, 7) is 1.70. The van der Waals surface area contributed by atoms with Crippen molar-refractivity contribution in [1.29, 1.82) is 5.26 Å². The summed E-state index contributed by atoms with van der Waals surface area (Å²) in [7, 11) is 0. The van der Waals surface area contributed by atoms with Crippen LogP contribution in [0.1, 0.15) is 17.4 Å². The Morgan fingerprint density at radius 1 is 1.28 bits per heavy atom. The largest absolute Gasteiger partial charge is 0.207 e. The van der Waals surface area contributed by atoms with Crippen molar-refractivity contribution in [2.45, 2.75) is 18.8 Å². The highest BCUT2D eigenvalue weighted by Gasteiger charge is 2.28. The number of hydrogen-bond donors (Lipinski definition) is 0. The fourth-order valence-corrected chi connectivity index (χ4v) is 2.70. The molecular weight excluding hydrogens is 252 g/mol. The molecule has 0 aliphatic rings. The normalized spacial score (nSPS) is 13.9. The predicted octanol–water partition coefficient (Wildman–Crippen LogP) is 4.05. The van der Waals surface area contributed by atoms with Crippen molar-refractivity contribution in [3.05, 3.63) is 57.8 Å². The molecule has 92 valence electrons. The van der Waals surface area contributed by atoms with E-state index in [0.29, 0.717) is 12.0 Å². The third-order valence-electron chi connectivity index (χ3n) is 2.85. The SMILES string of the molecule is CC(C#N)(Cc1cccs1)c1cc(F)cc(F)c1. The van der Waals surface area contributed by atoms with Crippen molar-refractivity contribution in [3.8, 4) is 6.07 Å². The van der Waals surface area contributed by atoms with Crippen LogP contribution in [-0.4, -0.2) is 0 Å². The van der Waals surface area contributed by atoms with Gasteiger partial charge in [-0.25, -0.2) is 8.78 Å². The molecule has 1 aromatic heterocycles. The van der Waals surface area contributed by atoms with E-state index in [0.717, 1.165) is 10.9 Å². The summed E-state index contributed by atoms with van der Waals surface area (Å²) in [6.07, 6.45) is 0.448. The maximum Gasteiger partial charge on any atom is 0.126 e. The highest BCUT2D eigenvalue weighted by atomic mass is 32.1. The number of nitrogens with zero attached hydrogens (tertiary/aromatic N) is 1. The van der Waals surface area contributed by atoms with E-state index in [1.165, 1.54) is 23.5 Å². The summed E-state index contributed by atoms with van der Waals surface area (Å²) >= 11 is 1.53. The van der Waals surface area contributed by atoms with Gasteiger partial charge in [-0.1, -0.05) is 6.07 Å². The molecule has 0 radical (unpaired) electrons. The first-order valence-electron chi connectivity index (χ1n) is 5.44. The first-order valence-corrected chi connectivity index (χ1v) is 6.32. The molecule has 1 unspecified atom stereocenters. The average molecular weight is 263 g/mol. The topological polar surface area (TPSA) is 23.8 Å². The van der Waals surface area contributed by atoms with E-state index in [1.807, 2.05) is 17.5 Å². The Kier molecular flexibility index (Phi) is 3.44. The van der Waals surface area contributed by atoms with Crippen molar-refractivity contribution in [3.63, 3.8) is 0 Å². The lowest BCUT2D eigenvalue weighted by Crippen LogP contribution is -2.22. The van der Waals surface area contributed by atoms with Crippen LogP contribution in [0.15, 0.2) is 35.7 Å². The van der Waals surface area contributed by atoms with Crippen LogP contribution < -0.4 is 0 Å². The fraction of sp³-hybridized carbons (Fsp3) is 0.214. The van der Waals surface area contributed by atoms with E-state index in [9.17, 15) is 14.0 Å². The molecule has 1 atom stereocenters. The van der Waals surface area contributed by atoms with E-state index in [-0.39, 0.29) is 0 Å². The number of halogens is 2. The van der Waals surface area contributed by atoms with E-state index in [1.54, 1.807) is 6.92 Å². The van der Waals surface area contributed by atoms with Crippen molar-refractivity contribution >= 4 is 11.3 Å². The highest BCUT2D eigenvalue weighted by molar-refractivity contribution is 7.09. The molecule has 0 aliphatic heterocycles. The molecule has 0 aliphatic carbocycles. The molecule has 0 bridgehead atoms. The van der Waals surface area contributed by atoms with E-state index in [4.69, 9.17) is 0 Å². The first-order chi connectivity index (χ1) is 8.53. The van der Waals surface area contributed by atoms with Gasteiger partial charge in [0.25, 0.3) is 0 Å². The van der Waals surface area contributed by atoms with Gasteiger partial charge in [0, 0.05) is 17.4 Å². The molecule has 0 fully saturated rings. The Labute approximate surface area is 108 Å². The van der Waals surface area contributed by atoms with Crippen LogP contribution in [0.3, 0.4) is 0 Å². The summed E-state index contributed by atoms with van der Waals surface area (Å²) in [5, 5.41) is 11.2. The molecule has 1 nitrogen and oxygen atoms in total. The molecule has 0 saturated heterocycles. The summed E-state index contributed by atoms with van der Waals surface area (Å²) in [4.78, 5) is 1.02. The van der Waals surface area contributed by atoms with E-state index < -0.39 is 17.0 Å². The van der Waals surface area contributed by atoms with Crippen LogP contribution in [0.2, 0.25) is 0 Å². The summed E-state index contributed by atoms with van der Waals surface area (Å²) in [5.41, 5.74) is -0.552. The molecule has 1 aromatic carbocycles. The van der Waals surface area contributed by atoms with Gasteiger partial charge in [-0.15, -0.1) is 11.3 Å². The van der Waals surface area contributed by atoms with Crippen molar-refractivity contribution in [2.75, 3.05) is 0 Å². The molecule has 0 N–H and O–H groups in total. The minimum Gasteiger partial charge on any atom is -0.207 e. The van der Waals surface area contributed by atoms with Gasteiger partial charge in [0.2, 0.25) is 0 Å². The number of thiophene rings is 1. The van der Waals surface area contributed by atoms with E-state index in [2.05, 4.69) is 6.07 Å². The summed E-state index contributed by atoms with van der Waals surface area (Å²) in [6, 6.07) is 9.22. The monoisotopic (exact) mass is 263 g/mol. The minimum absolute atomic E-state index is 0.371. The second-order valence-electron chi connectivity index (χ2n) is 4.36. The lowest BCUT2D eigenvalue weighted by molar-refractivity contribution is 0.554. The minimum atomic E-state index is -0.923. The van der Waals surface area contributed by atoms with Gasteiger partial charge in [0.05, 0.1) is 11.5 Å². The van der Waals surface area contributed by atoms with Gasteiger partial charge in [-0.05, 0) is 36.1 Å². The Hall–Kier alpha value is -1.73. The lowest BCUT2D eigenvalue weighted by atomic mass is 9.80. The first kappa shape index (κ1) is 12.7. The number of nitriles is 1. The Morgan fingerprint density at radius 2 is 1.94 bits per heavy atom. The van der Waals surface area contributed by atoms with Gasteiger partial charge in [0.15, 0.2) is 0 Å². The molecule has 0 amide bonds. The van der Waals surface area contributed by atoms with Crippen molar-refractivity contribution < 1.29 is 8.78 Å². The summed E-state index contributed by atoms with van der Waals surface area (Å²) in [5.74, 6) is -1.31. The van der Waals surface area contributed by atoms with Gasteiger partial charge in [0.1, 0.15) is 11.6 Å². The third kappa shape index (κ3) is 2.57. The zero-order chi connectivity index (χ0) is 13.2. The molecule has 2 aromatic rings. The van der Waals surface area contributed by atoms with Crippen LogP contribution in [0.25, 0.3) is 0 Å². The second kappa shape index (κ2) is 4.87. The van der Waals surface area contributed by atoms with E-state index >= 15 is 0 Å². The van der Waals surface area contributed by atoms with Crippen LogP contribution >= 0.6 is 11.3 Å². The summed E-state index contributed by atoms with van der Waals surface area (Å²) < 4.78 is 26.5. The third-order valence-corrected chi connectivity index (χ3v) is 3.73. The number of hydrogen-bond acceptors (Lipinski definition) is 2. The fourth-order valence-electron chi connectivity index (χ4n) is 1.84. The zero-order valence-electron chi connectivity index (χ0n) is 9.78. The highest BCUT2D eigenvalue weighted by Crippen LogP contribution is 2.30. The Balaban J connectivity index is 2.40. The molecule has 0 spiro atoms. The molecule has 2 rings (SSSR count). The zero-order valence-corrected chi connectivity index (χ0v) is 10.6. The smallest absolute Gasteiger partial charge is 0.126 e. The van der Waals surface area contributed by atoms with Crippen molar-refractivity contribution in [1.82, 2.24) is 0 Å². The van der Waals surface area contributed by atoms with Crippen LogP contribution in [0.4, 0.5) is 8.78 Å². The van der Waals surface area contributed by atoms with Gasteiger partial charge < -0.3 is 0 Å². The molecule has 0 saturated carbocycles. The average Bonchev–Trinajstić information content (AvgIpc) is 2.80. The standard InChI is InChI=1S/C14H11F2NS/c1-14(9-17,8-13-3-2-4-18-13)10-5-11(15)7-12(16)6-10/h2-7H,8H2,1H3. The van der Waals surface area contributed by atoms with Crippen LogP contribution in [-0.2, 0) is 11.8 Å². The van der Waals surface area contributed by atoms with Crippen LogP contribution in [0.5, 0.6) is 0 Å². The lowest BCUT2D eigenvalue weighted by Gasteiger charge is -2.21. The molecule has 18 heavy (non-hydrogen) atoms. The van der Waals surface area contributed by atoms with Crippen molar-refractivity contribution in [2.24, 2.45) is 0 Å². The predicted molar refractivity (Wildman–Crippen MR) is 67.3 cm³/mol. The quantitative estimate of drug-likeness (QED) is 0.819. The maximum atomic E-state index is 13.2. The molecule has 1 heterocycles. The molecular formula is C14H11F2NS. The van der Waals surface area contributed by atoms with Crippen LogP contribution in [0, 0.1) is 23.0 Å². The van der Waals surface area contributed by atoms with Gasteiger partial charge in [-0.3, -0.25) is 0 Å². The number of rotatable bonds is 3. The molecule has 4 heteroatoms. The number of benzene rings is 1. The Bertz CT molecular complexity index is 566. The van der Waals surface area contributed by atoms with Gasteiger partial charge >= 0.3 is 0 Å².